The molecule has 1 aliphatic rings. The summed E-state index contributed by atoms with van der Waals surface area (Å²) in [6, 6.07) is 0. The molecule has 0 radical (unpaired) electrons. The molecule has 2 rings (SSSR count). The van der Waals surface area contributed by atoms with Gasteiger partial charge in [-0.05, 0) is 37.1 Å². The zero-order chi connectivity index (χ0) is 12.7. The Morgan fingerprint density at radius 1 is 1.59 bits per heavy atom. The van der Waals surface area contributed by atoms with Crippen LogP contribution in [0.15, 0.2) is 0 Å². The second-order valence-electron chi connectivity index (χ2n) is 4.96. The van der Waals surface area contributed by atoms with Crippen molar-refractivity contribution in [2.75, 3.05) is 7.11 Å². The predicted molar refractivity (Wildman–Crippen MR) is 57.2 cm³/mol. The number of aliphatic carboxylic acids is 1. The first-order valence-electron chi connectivity index (χ1n) is 5.46. The third kappa shape index (κ3) is 2.02. The van der Waals surface area contributed by atoms with E-state index in [2.05, 4.69) is 15.5 Å². The summed E-state index contributed by atoms with van der Waals surface area (Å²) in [4.78, 5) is 11.1. The van der Waals surface area contributed by atoms with E-state index in [1.807, 2.05) is 13.8 Å². The van der Waals surface area contributed by atoms with Crippen LogP contribution in [0.3, 0.4) is 0 Å². The van der Waals surface area contributed by atoms with Gasteiger partial charge in [-0.2, -0.15) is 0 Å². The monoisotopic (exact) mass is 240 g/mol. The Kier molecular flexibility index (Phi) is 2.65. The number of tetrazole rings is 1. The predicted octanol–water partition coefficient (Wildman–Crippen LogP) is 0.419. The van der Waals surface area contributed by atoms with Gasteiger partial charge in [-0.3, -0.25) is 4.79 Å². The number of carbonyl (C=O) groups is 1. The van der Waals surface area contributed by atoms with Gasteiger partial charge in [0, 0.05) is 7.11 Å². The largest absolute Gasteiger partial charge is 0.481 e. The van der Waals surface area contributed by atoms with Gasteiger partial charge in [-0.15, -0.1) is 5.10 Å². The van der Waals surface area contributed by atoms with Crippen LogP contribution in [0.1, 0.15) is 32.5 Å². The molecule has 7 nitrogen and oxygen atoms in total. The van der Waals surface area contributed by atoms with Crippen LogP contribution in [0.5, 0.6) is 0 Å². The molecule has 0 saturated heterocycles. The van der Waals surface area contributed by atoms with E-state index < -0.39 is 17.0 Å². The maximum absolute atomic E-state index is 11.1. The molecule has 1 N–H and O–H groups in total. The Bertz CT molecular complexity index is 437. The van der Waals surface area contributed by atoms with Crippen molar-refractivity contribution in [3.63, 3.8) is 0 Å². The molecule has 1 heterocycles. The minimum Gasteiger partial charge on any atom is -0.481 e. The molecule has 0 atom stereocenters. The van der Waals surface area contributed by atoms with E-state index in [1.165, 1.54) is 4.68 Å². The quantitative estimate of drug-likeness (QED) is 0.802. The number of nitrogens with zero attached hydrogens (tertiary/aromatic N) is 4. The third-order valence-corrected chi connectivity index (χ3v) is 3.34. The van der Waals surface area contributed by atoms with Crippen LogP contribution >= 0.6 is 0 Å². The SMILES string of the molecule is COC(C)(C)c1nnnn1CC1(C(=O)O)CC1. The van der Waals surface area contributed by atoms with Crippen molar-refractivity contribution >= 4 is 5.97 Å². The van der Waals surface area contributed by atoms with E-state index in [0.29, 0.717) is 25.2 Å². The Morgan fingerprint density at radius 3 is 2.71 bits per heavy atom. The molecule has 0 unspecified atom stereocenters. The lowest BCUT2D eigenvalue weighted by atomic mass is 10.1. The summed E-state index contributed by atoms with van der Waals surface area (Å²) in [6.45, 7) is 3.99. The van der Waals surface area contributed by atoms with Gasteiger partial charge < -0.3 is 9.84 Å². The zero-order valence-corrected chi connectivity index (χ0v) is 10.2. The number of methoxy groups -OCH3 is 1. The fraction of sp³-hybridized carbons (Fsp3) is 0.800. The van der Waals surface area contributed by atoms with Crippen molar-refractivity contribution < 1.29 is 14.6 Å². The first kappa shape index (κ1) is 12.0. The van der Waals surface area contributed by atoms with Crippen molar-refractivity contribution in [1.29, 1.82) is 0 Å². The molecule has 7 heteroatoms. The molecule has 94 valence electrons. The van der Waals surface area contributed by atoms with Crippen LogP contribution < -0.4 is 0 Å². The highest BCUT2D eigenvalue weighted by Crippen LogP contribution is 2.47. The van der Waals surface area contributed by atoms with Gasteiger partial charge in [0.05, 0.1) is 12.0 Å². The summed E-state index contributed by atoms with van der Waals surface area (Å²) in [5.74, 6) is -0.235. The summed E-state index contributed by atoms with van der Waals surface area (Å²) in [7, 11) is 1.57. The van der Waals surface area contributed by atoms with E-state index in [1.54, 1.807) is 7.11 Å². The number of aromatic nitrogens is 4. The van der Waals surface area contributed by atoms with Gasteiger partial charge in [0.25, 0.3) is 0 Å². The smallest absolute Gasteiger partial charge is 0.311 e. The summed E-state index contributed by atoms with van der Waals surface area (Å²) in [5.41, 5.74) is -1.31. The fourth-order valence-electron chi connectivity index (χ4n) is 1.71. The van der Waals surface area contributed by atoms with Crippen LogP contribution in [-0.2, 0) is 21.7 Å². The number of ether oxygens (including phenoxy) is 1. The van der Waals surface area contributed by atoms with Crippen LogP contribution in [0.4, 0.5) is 0 Å². The molecule has 1 saturated carbocycles. The summed E-state index contributed by atoms with van der Waals surface area (Å²) < 4.78 is 6.84. The summed E-state index contributed by atoms with van der Waals surface area (Å²) in [6.07, 6.45) is 1.35. The Morgan fingerprint density at radius 2 is 2.24 bits per heavy atom. The standard InChI is InChI=1S/C10H16N4O3/c1-9(2,17-3)7-11-12-13-14(7)6-10(4-5-10)8(15)16/h4-6H2,1-3H3,(H,15,16). The molecule has 1 fully saturated rings. The molecule has 0 spiro atoms. The molecule has 1 aliphatic carbocycles. The average molecular weight is 240 g/mol. The van der Waals surface area contributed by atoms with E-state index >= 15 is 0 Å². The Hall–Kier alpha value is -1.50. The van der Waals surface area contributed by atoms with Crippen LogP contribution in [0, 0.1) is 5.41 Å². The normalized spacial score (nSPS) is 18.1. The fourth-order valence-corrected chi connectivity index (χ4v) is 1.71. The molecular weight excluding hydrogens is 224 g/mol. The maximum Gasteiger partial charge on any atom is 0.311 e. The van der Waals surface area contributed by atoms with Gasteiger partial charge in [0.1, 0.15) is 5.60 Å². The number of hydrogen-bond acceptors (Lipinski definition) is 5. The lowest BCUT2D eigenvalue weighted by Crippen LogP contribution is -2.29. The molecular formula is C10H16N4O3. The lowest BCUT2D eigenvalue weighted by molar-refractivity contribution is -0.144. The van der Waals surface area contributed by atoms with Crippen LogP contribution in [0.2, 0.25) is 0 Å². The van der Waals surface area contributed by atoms with E-state index in [4.69, 9.17) is 9.84 Å². The Labute approximate surface area is 98.8 Å². The highest BCUT2D eigenvalue weighted by atomic mass is 16.5. The maximum atomic E-state index is 11.1. The first-order chi connectivity index (χ1) is 7.91. The highest BCUT2D eigenvalue weighted by molar-refractivity contribution is 5.77. The van der Waals surface area contributed by atoms with Gasteiger partial charge in [0.2, 0.25) is 0 Å². The topological polar surface area (TPSA) is 90.1 Å². The lowest BCUT2D eigenvalue weighted by Gasteiger charge is -2.22. The van der Waals surface area contributed by atoms with Crippen molar-refractivity contribution in [1.82, 2.24) is 20.2 Å². The second-order valence-corrected chi connectivity index (χ2v) is 4.96. The summed E-state index contributed by atoms with van der Waals surface area (Å²) >= 11 is 0. The molecule has 0 amide bonds. The van der Waals surface area contributed by atoms with E-state index in [0.717, 1.165) is 0 Å². The van der Waals surface area contributed by atoms with Gasteiger partial charge >= 0.3 is 5.97 Å². The van der Waals surface area contributed by atoms with Gasteiger partial charge in [-0.25, -0.2) is 4.68 Å². The number of rotatable bonds is 5. The first-order valence-corrected chi connectivity index (χ1v) is 5.46. The van der Waals surface area contributed by atoms with Crippen LogP contribution in [-0.4, -0.2) is 38.4 Å². The number of hydrogen-bond donors (Lipinski definition) is 1. The molecule has 0 bridgehead atoms. The number of carboxylic acid groups (broad SMARTS) is 1. The van der Waals surface area contributed by atoms with Crippen molar-refractivity contribution in [3.05, 3.63) is 5.82 Å². The highest BCUT2D eigenvalue weighted by Gasteiger charge is 2.51. The van der Waals surface area contributed by atoms with E-state index in [-0.39, 0.29) is 0 Å². The zero-order valence-electron chi connectivity index (χ0n) is 10.2. The molecule has 0 aromatic carbocycles. The molecule has 0 aliphatic heterocycles. The van der Waals surface area contributed by atoms with Gasteiger partial charge in [-0.1, -0.05) is 0 Å². The molecule has 1 aromatic heterocycles. The molecule has 17 heavy (non-hydrogen) atoms. The third-order valence-electron chi connectivity index (χ3n) is 3.34. The Balaban J connectivity index is 2.24. The number of carboxylic acids is 1. The van der Waals surface area contributed by atoms with E-state index in [9.17, 15) is 4.79 Å². The van der Waals surface area contributed by atoms with Gasteiger partial charge in [0.15, 0.2) is 5.82 Å². The second kappa shape index (κ2) is 3.76. The van der Waals surface area contributed by atoms with Crippen molar-refractivity contribution in [2.45, 2.75) is 38.8 Å². The molecule has 1 aromatic rings. The van der Waals surface area contributed by atoms with Crippen molar-refractivity contribution in [3.8, 4) is 0 Å². The average Bonchev–Trinajstić information content (AvgIpc) is 2.89. The summed E-state index contributed by atoms with van der Waals surface area (Å²) in [5, 5.41) is 20.5. The van der Waals surface area contributed by atoms with Crippen molar-refractivity contribution in [2.24, 2.45) is 5.41 Å². The minimum absolute atomic E-state index is 0.303. The minimum atomic E-state index is -0.783. The van der Waals surface area contributed by atoms with Crippen LogP contribution in [0.25, 0.3) is 0 Å².